The maximum absolute atomic E-state index is 3.59. The van der Waals surface area contributed by atoms with E-state index in [1.807, 2.05) is 11.3 Å². The fourth-order valence-electron chi connectivity index (χ4n) is 2.06. The van der Waals surface area contributed by atoms with Gasteiger partial charge in [-0.3, -0.25) is 4.90 Å². The van der Waals surface area contributed by atoms with Crippen molar-refractivity contribution in [2.75, 3.05) is 19.6 Å². The van der Waals surface area contributed by atoms with Gasteiger partial charge < -0.3 is 5.32 Å². The molecule has 1 aliphatic rings. The lowest BCUT2D eigenvalue weighted by atomic mass is 10.0. The van der Waals surface area contributed by atoms with Crippen LogP contribution < -0.4 is 5.32 Å². The largest absolute Gasteiger partial charge is 0.311 e. The highest BCUT2D eigenvalue weighted by Gasteiger charge is 2.21. The number of hydrogen-bond acceptors (Lipinski definition) is 3. The molecule has 0 spiro atoms. The first-order valence-electron chi connectivity index (χ1n) is 5.74. The van der Waals surface area contributed by atoms with Crippen molar-refractivity contribution >= 4 is 11.3 Å². The Morgan fingerprint density at radius 3 is 3.13 bits per heavy atom. The van der Waals surface area contributed by atoms with Gasteiger partial charge >= 0.3 is 0 Å². The molecule has 1 aliphatic heterocycles. The van der Waals surface area contributed by atoms with Crippen molar-refractivity contribution in [2.45, 2.75) is 26.4 Å². The molecule has 15 heavy (non-hydrogen) atoms. The van der Waals surface area contributed by atoms with E-state index >= 15 is 0 Å². The van der Waals surface area contributed by atoms with Gasteiger partial charge in [0.05, 0.1) is 0 Å². The predicted octanol–water partition coefficient (Wildman–Crippen LogP) is 2.18. The Balaban J connectivity index is 1.88. The van der Waals surface area contributed by atoms with Crippen LogP contribution >= 0.6 is 11.3 Å². The Morgan fingerprint density at radius 2 is 2.47 bits per heavy atom. The molecule has 84 valence electrons. The van der Waals surface area contributed by atoms with Gasteiger partial charge in [0, 0.05) is 37.1 Å². The molecule has 1 atom stereocenters. The lowest BCUT2D eigenvalue weighted by molar-refractivity contribution is 0.170. The van der Waals surface area contributed by atoms with Gasteiger partial charge in [-0.1, -0.05) is 19.9 Å². The second-order valence-corrected chi connectivity index (χ2v) is 5.65. The first-order valence-corrected chi connectivity index (χ1v) is 6.62. The van der Waals surface area contributed by atoms with Crippen LogP contribution in [0.25, 0.3) is 0 Å². The average molecular weight is 224 g/mol. The zero-order valence-corrected chi connectivity index (χ0v) is 10.4. The molecular formula is C12H20N2S. The lowest BCUT2D eigenvalue weighted by Gasteiger charge is -2.35. The van der Waals surface area contributed by atoms with Gasteiger partial charge in [-0.2, -0.15) is 0 Å². The third-order valence-electron chi connectivity index (χ3n) is 3.05. The quantitative estimate of drug-likeness (QED) is 0.846. The zero-order valence-electron chi connectivity index (χ0n) is 9.57. The molecule has 1 N–H and O–H groups in total. The number of thiophene rings is 1. The van der Waals surface area contributed by atoms with Gasteiger partial charge in [0.2, 0.25) is 0 Å². The summed E-state index contributed by atoms with van der Waals surface area (Å²) >= 11 is 1.86. The summed E-state index contributed by atoms with van der Waals surface area (Å²) in [7, 11) is 0. The van der Waals surface area contributed by atoms with Gasteiger partial charge in [0.15, 0.2) is 0 Å². The van der Waals surface area contributed by atoms with Crippen molar-refractivity contribution < 1.29 is 0 Å². The molecule has 1 unspecified atom stereocenters. The summed E-state index contributed by atoms with van der Waals surface area (Å²) in [6.07, 6.45) is 0. The van der Waals surface area contributed by atoms with Crippen LogP contribution in [-0.4, -0.2) is 30.6 Å². The molecule has 0 bridgehead atoms. The lowest BCUT2D eigenvalue weighted by Crippen LogP contribution is -2.52. The molecule has 0 amide bonds. The molecule has 1 aromatic rings. The fourth-order valence-corrected chi connectivity index (χ4v) is 2.80. The third kappa shape index (κ3) is 3.03. The van der Waals surface area contributed by atoms with E-state index in [-0.39, 0.29) is 0 Å². The first kappa shape index (κ1) is 11.1. The van der Waals surface area contributed by atoms with Gasteiger partial charge in [-0.05, 0) is 17.4 Å². The maximum Gasteiger partial charge on any atom is 0.0329 e. The second kappa shape index (κ2) is 5.10. The Kier molecular flexibility index (Phi) is 3.78. The number of piperazine rings is 1. The molecule has 3 heteroatoms. The molecule has 2 rings (SSSR count). The van der Waals surface area contributed by atoms with E-state index in [4.69, 9.17) is 0 Å². The molecule has 0 aromatic carbocycles. The van der Waals surface area contributed by atoms with Crippen molar-refractivity contribution in [3.8, 4) is 0 Å². The average Bonchev–Trinajstić information content (AvgIpc) is 2.71. The molecule has 1 fully saturated rings. The summed E-state index contributed by atoms with van der Waals surface area (Å²) in [5.74, 6) is 0.733. The van der Waals surface area contributed by atoms with Crippen LogP contribution in [0.2, 0.25) is 0 Å². The first-order chi connectivity index (χ1) is 7.25. The van der Waals surface area contributed by atoms with E-state index < -0.39 is 0 Å². The van der Waals surface area contributed by atoms with Crippen molar-refractivity contribution in [2.24, 2.45) is 5.92 Å². The summed E-state index contributed by atoms with van der Waals surface area (Å²) in [4.78, 5) is 4.05. The van der Waals surface area contributed by atoms with E-state index in [0.717, 1.165) is 19.0 Å². The normalized spacial score (nSPS) is 23.5. The molecule has 0 saturated carbocycles. The van der Waals surface area contributed by atoms with Gasteiger partial charge in [-0.25, -0.2) is 0 Å². The van der Waals surface area contributed by atoms with Crippen molar-refractivity contribution in [3.05, 3.63) is 22.4 Å². The summed E-state index contributed by atoms with van der Waals surface area (Å²) in [5.41, 5.74) is 0. The smallest absolute Gasteiger partial charge is 0.0329 e. The number of nitrogens with one attached hydrogen (secondary N) is 1. The van der Waals surface area contributed by atoms with Crippen LogP contribution in [0, 0.1) is 5.92 Å². The SMILES string of the molecule is CC(C)C1CN(Cc2cccs2)CCN1. The van der Waals surface area contributed by atoms with E-state index in [0.29, 0.717) is 6.04 Å². The van der Waals surface area contributed by atoms with E-state index in [1.165, 1.54) is 18.0 Å². The van der Waals surface area contributed by atoms with Crippen LogP contribution in [0.3, 0.4) is 0 Å². The molecular weight excluding hydrogens is 204 g/mol. The minimum absolute atomic E-state index is 0.665. The third-order valence-corrected chi connectivity index (χ3v) is 3.91. The number of hydrogen-bond donors (Lipinski definition) is 1. The Morgan fingerprint density at radius 1 is 1.60 bits per heavy atom. The van der Waals surface area contributed by atoms with E-state index in [1.54, 1.807) is 0 Å². The van der Waals surface area contributed by atoms with Crippen molar-refractivity contribution in [1.82, 2.24) is 10.2 Å². The number of nitrogens with zero attached hydrogens (tertiary/aromatic N) is 1. The Bertz CT molecular complexity index is 282. The molecule has 1 aromatic heterocycles. The summed E-state index contributed by atoms with van der Waals surface area (Å²) in [5, 5.41) is 5.75. The van der Waals surface area contributed by atoms with Gasteiger partial charge in [-0.15, -0.1) is 11.3 Å². The molecule has 0 radical (unpaired) electrons. The van der Waals surface area contributed by atoms with Crippen LogP contribution in [-0.2, 0) is 6.54 Å². The zero-order chi connectivity index (χ0) is 10.7. The van der Waals surface area contributed by atoms with E-state index in [2.05, 4.69) is 41.6 Å². The summed E-state index contributed by atoms with van der Waals surface area (Å²) in [6, 6.07) is 5.04. The van der Waals surface area contributed by atoms with Crippen LogP contribution in [0.4, 0.5) is 0 Å². The predicted molar refractivity (Wildman–Crippen MR) is 66.2 cm³/mol. The van der Waals surface area contributed by atoms with Crippen molar-refractivity contribution in [3.63, 3.8) is 0 Å². The van der Waals surface area contributed by atoms with E-state index in [9.17, 15) is 0 Å². The molecule has 2 nitrogen and oxygen atoms in total. The summed E-state index contributed by atoms with van der Waals surface area (Å²) < 4.78 is 0. The van der Waals surface area contributed by atoms with Crippen LogP contribution in [0.1, 0.15) is 18.7 Å². The standard InChI is InChI=1S/C12H20N2S/c1-10(2)12-9-14(6-5-13-12)8-11-4-3-7-15-11/h3-4,7,10,12-13H,5-6,8-9H2,1-2H3. The minimum atomic E-state index is 0.665. The van der Waals surface area contributed by atoms with Crippen LogP contribution in [0.5, 0.6) is 0 Å². The van der Waals surface area contributed by atoms with Gasteiger partial charge in [0.1, 0.15) is 0 Å². The fraction of sp³-hybridized carbons (Fsp3) is 0.667. The highest BCUT2D eigenvalue weighted by molar-refractivity contribution is 7.09. The highest BCUT2D eigenvalue weighted by Crippen LogP contribution is 2.15. The second-order valence-electron chi connectivity index (χ2n) is 4.62. The molecule has 0 aliphatic carbocycles. The number of rotatable bonds is 3. The molecule has 1 saturated heterocycles. The highest BCUT2D eigenvalue weighted by atomic mass is 32.1. The Hall–Kier alpha value is -0.380. The topological polar surface area (TPSA) is 15.3 Å². The van der Waals surface area contributed by atoms with Crippen molar-refractivity contribution in [1.29, 1.82) is 0 Å². The maximum atomic E-state index is 3.59. The monoisotopic (exact) mass is 224 g/mol. The molecule has 2 heterocycles. The Labute approximate surface area is 96.3 Å². The van der Waals surface area contributed by atoms with Gasteiger partial charge in [0.25, 0.3) is 0 Å². The minimum Gasteiger partial charge on any atom is -0.311 e. The van der Waals surface area contributed by atoms with Crippen LogP contribution in [0.15, 0.2) is 17.5 Å². The summed E-state index contributed by atoms with van der Waals surface area (Å²) in [6.45, 7) is 9.23.